The lowest BCUT2D eigenvalue weighted by atomic mass is 9.66. The zero-order chi connectivity index (χ0) is 29.1. The van der Waals surface area contributed by atoms with Crippen molar-refractivity contribution in [2.45, 2.75) is 5.41 Å². The standard InChI is InChI=1S/C41H26N2O/c1-3-13-27(14-4-1)36-26-37(28-15-5-2-6-16-28)43-40(42-36)29-23-24-39-35(25-29)41(34-21-11-12-22-38(34)44-39)32-19-9-7-17-30(32)31-18-8-10-20-33(31)41/h1-26H. The molecule has 206 valence electrons. The van der Waals surface area contributed by atoms with Gasteiger partial charge in [-0.25, -0.2) is 9.97 Å². The molecule has 3 nitrogen and oxygen atoms in total. The molecule has 1 aromatic heterocycles. The molecule has 0 bridgehead atoms. The number of ether oxygens (including phenoxy) is 1. The Morgan fingerprint density at radius 1 is 0.386 bits per heavy atom. The molecule has 3 heteroatoms. The summed E-state index contributed by atoms with van der Waals surface area (Å²) in [5, 5.41) is 0. The molecule has 2 heterocycles. The molecule has 0 N–H and O–H groups in total. The van der Waals surface area contributed by atoms with Gasteiger partial charge in [0.05, 0.1) is 16.8 Å². The van der Waals surface area contributed by atoms with Crippen LogP contribution >= 0.6 is 0 Å². The highest BCUT2D eigenvalue weighted by Crippen LogP contribution is 2.62. The average molecular weight is 563 g/mol. The van der Waals surface area contributed by atoms with E-state index >= 15 is 0 Å². The fourth-order valence-electron chi connectivity index (χ4n) is 7.09. The summed E-state index contributed by atoms with van der Waals surface area (Å²) in [6, 6.07) is 55.2. The van der Waals surface area contributed by atoms with E-state index in [-0.39, 0.29) is 0 Å². The fraction of sp³-hybridized carbons (Fsp3) is 0.0244. The first-order valence-corrected chi connectivity index (χ1v) is 14.9. The van der Waals surface area contributed by atoms with Gasteiger partial charge in [-0.05, 0) is 52.6 Å². The van der Waals surface area contributed by atoms with Crippen LogP contribution in [0.5, 0.6) is 11.5 Å². The van der Waals surface area contributed by atoms with Crippen molar-refractivity contribution < 1.29 is 4.74 Å². The first kappa shape index (κ1) is 24.8. The van der Waals surface area contributed by atoms with Crippen LogP contribution in [-0.2, 0) is 5.41 Å². The van der Waals surface area contributed by atoms with Gasteiger partial charge in [0, 0.05) is 27.8 Å². The maximum absolute atomic E-state index is 6.63. The maximum Gasteiger partial charge on any atom is 0.160 e. The van der Waals surface area contributed by atoms with Crippen LogP contribution in [0.15, 0.2) is 158 Å². The monoisotopic (exact) mass is 562 g/mol. The number of benzene rings is 6. The number of hydrogen-bond donors (Lipinski definition) is 0. The van der Waals surface area contributed by atoms with Gasteiger partial charge >= 0.3 is 0 Å². The van der Waals surface area contributed by atoms with Crippen LogP contribution in [-0.4, -0.2) is 9.97 Å². The molecule has 0 unspecified atom stereocenters. The van der Waals surface area contributed by atoms with Crippen LogP contribution in [0.25, 0.3) is 45.0 Å². The Bertz CT molecular complexity index is 2100. The molecule has 6 aromatic carbocycles. The fourth-order valence-corrected chi connectivity index (χ4v) is 7.09. The van der Waals surface area contributed by atoms with E-state index in [1.54, 1.807) is 0 Å². The Morgan fingerprint density at radius 3 is 1.50 bits per heavy atom. The average Bonchev–Trinajstić information content (AvgIpc) is 3.40. The number of nitrogens with zero attached hydrogens (tertiary/aromatic N) is 2. The minimum atomic E-state index is -0.535. The second kappa shape index (κ2) is 9.62. The molecule has 1 aliphatic heterocycles. The van der Waals surface area contributed by atoms with E-state index in [1.807, 2.05) is 42.5 Å². The van der Waals surface area contributed by atoms with Crippen molar-refractivity contribution in [1.29, 1.82) is 0 Å². The zero-order valence-electron chi connectivity index (χ0n) is 23.8. The number of fused-ring (bicyclic) bond motifs is 9. The highest BCUT2D eigenvalue weighted by Gasteiger charge is 2.51. The first-order valence-electron chi connectivity index (χ1n) is 14.9. The van der Waals surface area contributed by atoms with Crippen molar-refractivity contribution in [2.75, 3.05) is 0 Å². The molecule has 7 aromatic rings. The molecule has 0 saturated carbocycles. The Balaban J connectivity index is 1.32. The van der Waals surface area contributed by atoms with Crippen molar-refractivity contribution >= 4 is 0 Å². The number of hydrogen-bond acceptors (Lipinski definition) is 3. The molecular formula is C41H26N2O. The van der Waals surface area contributed by atoms with E-state index in [0.29, 0.717) is 5.82 Å². The van der Waals surface area contributed by atoms with E-state index in [0.717, 1.165) is 50.7 Å². The highest BCUT2D eigenvalue weighted by molar-refractivity contribution is 5.89. The molecule has 1 spiro atoms. The van der Waals surface area contributed by atoms with Crippen LogP contribution < -0.4 is 4.74 Å². The van der Waals surface area contributed by atoms with E-state index in [9.17, 15) is 0 Å². The van der Waals surface area contributed by atoms with Crippen LogP contribution in [0.4, 0.5) is 0 Å². The molecule has 0 amide bonds. The maximum atomic E-state index is 6.63. The van der Waals surface area contributed by atoms with Crippen LogP contribution in [0.2, 0.25) is 0 Å². The smallest absolute Gasteiger partial charge is 0.160 e. The minimum absolute atomic E-state index is 0.535. The summed E-state index contributed by atoms with van der Waals surface area (Å²) in [4.78, 5) is 10.3. The third-order valence-corrected chi connectivity index (χ3v) is 8.97. The summed E-state index contributed by atoms with van der Waals surface area (Å²) in [5.41, 5.74) is 11.6. The van der Waals surface area contributed by atoms with Gasteiger partial charge in [0.1, 0.15) is 11.5 Å². The van der Waals surface area contributed by atoms with Crippen molar-refractivity contribution in [3.05, 3.63) is 180 Å². The Morgan fingerprint density at radius 2 is 0.886 bits per heavy atom. The minimum Gasteiger partial charge on any atom is -0.457 e. The van der Waals surface area contributed by atoms with Crippen LogP contribution in [0.1, 0.15) is 22.3 Å². The lowest BCUT2D eigenvalue weighted by Crippen LogP contribution is -2.32. The SMILES string of the molecule is c1ccc(-c2cc(-c3ccccc3)nc(-c3ccc4c(c3)C3(c5ccccc5O4)c4ccccc4-c4ccccc43)n2)cc1. The molecule has 2 aliphatic rings. The summed E-state index contributed by atoms with van der Waals surface area (Å²) >= 11 is 0. The lowest BCUT2D eigenvalue weighted by molar-refractivity contribution is 0.436. The van der Waals surface area contributed by atoms with Gasteiger partial charge in [0.2, 0.25) is 0 Å². The van der Waals surface area contributed by atoms with E-state index in [1.165, 1.54) is 22.3 Å². The molecule has 0 radical (unpaired) electrons. The Labute approximate surface area is 256 Å². The van der Waals surface area contributed by atoms with Gasteiger partial charge in [-0.2, -0.15) is 0 Å². The molecule has 0 atom stereocenters. The van der Waals surface area contributed by atoms with E-state index < -0.39 is 5.41 Å². The van der Waals surface area contributed by atoms with Crippen molar-refractivity contribution in [3.63, 3.8) is 0 Å². The van der Waals surface area contributed by atoms with E-state index in [2.05, 4.69) is 115 Å². The molecular weight excluding hydrogens is 536 g/mol. The van der Waals surface area contributed by atoms with E-state index in [4.69, 9.17) is 14.7 Å². The summed E-state index contributed by atoms with van der Waals surface area (Å²) in [7, 11) is 0. The Hall–Kier alpha value is -5.80. The van der Waals surface area contributed by atoms with Gasteiger partial charge in [0.25, 0.3) is 0 Å². The third-order valence-electron chi connectivity index (χ3n) is 8.97. The first-order chi connectivity index (χ1) is 21.8. The zero-order valence-corrected chi connectivity index (χ0v) is 23.8. The van der Waals surface area contributed by atoms with Crippen LogP contribution in [0, 0.1) is 0 Å². The number of aromatic nitrogens is 2. The van der Waals surface area contributed by atoms with Gasteiger partial charge in [-0.15, -0.1) is 0 Å². The van der Waals surface area contributed by atoms with Gasteiger partial charge in [-0.3, -0.25) is 0 Å². The highest BCUT2D eigenvalue weighted by atomic mass is 16.5. The van der Waals surface area contributed by atoms with Crippen molar-refractivity contribution in [1.82, 2.24) is 9.97 Å². The third kappa shape index (κ3) is 3.56. The predicted octanol–water partition coefficient (Wildman–Crippen LogP) is 9.95. The topological polar surface area (TPSA) is 35.0 Å². The summed E-state index contributed by atoms with van der Waals surface area (Å²) in [6.45, 7) is 0. The van der Waals surface area contributed by atoms with Gasteiger partial charge < -0.3 is 4.74 Å². The Kier molecular flexibility index (Phi) is 5.41. The normalized spacial score (nSPS) is 13.4. The van der Waals surface area contributed by atoms with Crippen molar-refractivity contribution in [2.24, 2.45) is 0 Å². The second-order valence-electron chi connectivity index (χ2n) is 11.3. The number of para-hydroxylation sites is 1. The second-order valence-corrected chi connectivity index (χ2v) is 11.3. The summed E-state index contributed by atoms with van der Waals surface area (Å²) in [5.74, 6) is 2.41. The quantitative estimate of drug-likeness (QED) is 0.215. The molecule has 0 fully saturated rings. The summed E-state index contributed by atoms with van der Waals surface area (Å²) in [6.07, 6.45) is 0. The molecule has 9 rings (SSSR count). The molecule has 1 aliphatic carbocycles. The molecule has 0 saturated heterocycles. The van der Waals surface area contributed by atoms with Gasteiger partial charge in [-0.1, -0.05) is 127 Å². The largest absolute Gasteiger partial charge is 0.457 e. The van der Waals surface area contributed by atoms with Crippen LogP contribution in [0.3, 0.4) is 0 Å². The lowest BCUT2D eigenvalue weighted by Gasteiger charge is -2.39. The predicted molar refractivity (Wildman–Crippen MR) is 176 cm³/mol. The summed E-state index contributed by atoms with van der Waals surface area (Å²) < 4.78 is 6.63. The van der Waals surface area contributed by atoms with Gasteiger partial charge in [0.15, 0.2) is 5.82 Å². The number of rotatable bonds is 3. The molecule has 44 heavy (non-hydrogen) atoms. The van der Waals surface area contributed by atoms with Crippen molar-refractivity contribution in [3.8, 4) is 56.5 Å².